The molecule has 3 N–H and O–H groups in total. The van der Waals surface area contributed by atoms with E-state index in [1.54, 1.807) is 88.4 Å². The van der Waals surface area contributed by atoms with Crippen molar-refractivity contribution < 1.29 is 28.9 Å². The van der Waals surface area contributed by atoms with Crippen LogP contribution in [0.1, 0.15) is 68.6 Å². The number of hydrogen-bond donors (Lipinski definition) is 3. The fourth-order valence-electron chi connectivity index (χ4n) is 5.48. The van der Waals surface area contributed by atoms with E-state index in [4.69, 9.17) is 14.2 Å². The number of phenolic OH excluding ortho intramolecular Hbond substituents is 1. The molecule has 0 amide bonds. The van der Waals surface area contributed by atoms with Gasteiger partial charge in [-0.3, -0.25) is 19.8 Å². The first kappa shape index (κ1) is 33.1. The molecule has 3 aromatic carbocycles. The molecule has 0 fully saturated rings. The number of aryl methyl sites for hydroxylation is 2. The molecular weight excluding hydrogens is 672 g/mol. The Kier molecular flexibility index (Phi) is 9.56. The number of H-pyrrole nitrogens is 2. The molecule has 0 spiro atoms. The Bertz CT molecular complexity index is 1950. The van der Waals surface area contributed by atoms with Crippen LogP contribution in [0.5, 0.6) is 11.5 Å². The molecule has 0 radical (unpaired) electrons. The van der Waals surface area contributed by atoms with Gasteiger partial charge in [-0.25, -0.2) is 19.0 Å². The largest absolute Gasteiger partial charge is 0.503 e. The molecule has 0 saturated heterocycles. The zero-order valence-electron chi connectivity index (χ0n) is 26.3. The number of phenols is 1. The lowest BCUT2D eigenvalue weighted by molar-refractivity contribution is 0.0516. The van der Waals surface area contributed by atoms with E-state index in [0.29, 0.717) is 43.9 Å². The molecule has 2 heterocycles. The van der Waals surface area contributed by atoms with Crippen molar-refractivity contribution in [1.82, 2.24) is 19.6 Å². The second-order valence-corrected chi connectivity index (χ2v) is 11.5. The van der Waals surface area contributed by atoms with Gasteiger partial charge in [-0.15, -0.1) is 0 Å². The number of nitrogens with one attached hydrogen (secondary N) is 2. The molecule has 0 bridgehead atoms. The highest BCUT2D eigenvalue weighted by molar-refractivity contribution is 9.10. The van der Waals surface area contributed by atoms with E-state index in [2.05, 4.69) is 26.1 Å². The van der Waals surface area contributed by atoms with Crippen molar-refractivity contribution in [2.45, 2.75) is 33.6 Å². The number of esters is 2. The molecule has 5 rings (SSSR count). The molecule has 0 aliphatic carbocycles. The summed E-state index contributed by atoms with van der Waals surface area (Å²) in [5, 5.41) is 16.8. The van der Waals surface area contributed by atoms with Crippen LogP contribution in [-0.4, -0.2) is 56.9 Å². The third-order valence-electron chi connectivity index (χ3n) is 7.69. The highest BCUT2D eigenvalue weighted by Crippen LogP contribution is 2.41. The molecule has 5 aromatic rings. The van der Waals surface area contributed by atoms with Crippen LogP contribution in [0.25, 0.3) is 11.4 Å². The van der Waals surface area contributed by atoms with E-state index in [0.717, 1.165) is 0 Å². The van der Waals surface area contributed by atoms with Gasteiger partial charge in [-0.05, 0) is 110 Å². The van der Waals surface area contributed by atoms with Crippen LogP contribution in [0, 0.1) is 13.8 Å². The summed E-state index contributed by atoms with van der Waals surface area (Å²) in [6.07, 6.45) is 0. The molecule has 13 heteroatoms. The number of benzene rings is 3. The molecule has 0 aliphatic rings. The fraction of sp³-hybridized carbons (Fsp3) is 0.235. The maximum atomic E-state index is 14.2. The summed E-state index contributed by atoms with van der Waals surface area (Å²) in [4.78, 5) is 52.8. The lowest BCUT2D eigenvalue weighted by Gasteiger charge is -2.18. The number of aromatic nitrogens is 4. The van der Waals surface area contributed by atoms with Crippen molar-refractivity contribution in [3.63, 3.8) is 0 Å². The van der Waals surface area contributed by atoms with Gasteiger partial charge in [0.15, 0.2) is 11.5 Å². The van der Waals surface area contributed by atoms with E-state index in [1.165, 1.54) is 16.5 Å². The standard InChI is InChI=1S/C34H33BrN4O8/c1-6-46-33(43)20-8-12-23(13-9-20)38-31(41)27(18(3)36-38)29(22-16-25(35)30(40)26(17-22)45-5)28-19(4)37-39(32(28)42)24-14-10-21(11-15-24)34(44)47-7-2/h8-17,29,36-37,40H,6-7H2,1-5H3. The number of carbonyl (C=O) groups is 2. The molecule has 12 nitrogen and oxygen atoms in total. The summed E-state index contributed by atoms with van der Waals surface area (Å²) < 4.78 is 18.5. The van der Waals surface area contributed by atoms with Crippen molar-refractivity contribution in [1.29, 1.82) is 0 Å². The van der Waals surface area contributed by atoms with Gasteiger partial charge in [-0.2, -0.15) is 0 Å². The number of aromatic amines is 2. The topological polar surface area (TPSA) is 158 Å². The van der Waals surface area contributed by atoms with Crippen LogP contribution >= 0.6 is 15.9 Å². The van der Waals surface area contributed by atoms with Crippen LogP contribution in [0.15, 0.2) is 74.7 Å². The fourth-order valence-corrected chi connectivity index (χ4v) is 5.94. The number of hydrogen-bond acceptors (Lipinski definition) is 8. The van der Waals surface area contributed by atoms with E-state index in [9.17, 15) is 24.3 Å². The lowest BCUT2D eigenvalue weighted by atomic mass is 9.85. The van der Waals surface area contributed by atoms with Crippen molar-refractivity contribution in [2.24, 2.45) is 0 Å². The number of halogens is 1. The maximum absolute atomic E-state index is 14.2. The predicted molar refractivity (Wildman–Crippen MR) is 177 cm³/mol. The normalized spacial score (nSPS) is 11.1. The van der Waals surface area contributed by atoms with Crippen molar-refractivity contribution in [3.8, 4) is 22.9 Å². The average molecular weight is 706 g/mol. The highest BCUT2D eigenvalue weighted by atomic mass is 79.9. The number of nitrogens with zero attached hydrogens (tertiary/aromatic N) is 2. The van der Waals surface area contributed by atoms with Gasteiger partial charge in [0, 0.05) is 17.3 Å². The van der Waals surface area contributed by atoms with Gasteiger partial charge in [0.05, 0.1) is 58.4 Å². The zero-order chi connectivity index (χ0) is 34.0. The zero-order valence-corrected chi connectivity index (χ0v) is 27.9. The number of ether oxygens (including phenoxy) is 3. The minimum atomic E-state index is -0.923. The number of aromatic hydroxyl groups is 1. The first-order valence-corrected chi connectivity index (χ1v) is 15.5. The summed E-state index contributed by atoms with van der Waals surface area (Å²) >= 11 is 3.38. The second kappa shape index (κ2) is 13.6. The van der Waals surface area contributed by atoms with Gasteiger partial charge in [0.1, 0.15) is 0 Å². The quantitative estimate of drug-likeness (QED) is 0.166. The molecule has 2 aromatic heterocycles. The maximum Gasteiger partial charge on any atom is 0.338 e. The third-order valence-corrected chi connectivity index (χ3v) is 8.29. The van der Waals surface area contributed by atoms with Gasteiger partial charge in [0.25, 0.3) is 11.1 Å². The summed E-state index contributed by atoms with van der Waals surface area (Å²) in [5.41, 5.74) is 2.79. The molecule has 0 aliphatic heterocycles. The second-order valence-electron chi connectivity index (χ2n) is 10.6. The Balaban J connectivity index is 1.69. The minimum absolute atomic E-state index is 0.134. The van der Waals surface area contributed by atoms with E-state index >= 15 is 0 Å². The van der Waals surface area contributed by atoms with Gasteiger partial charge in [-0.1, -0.05) is 0 Å². The number of carbonyl (C=O) groups excluding carboxylic acids is 2. The van der Waals surface area contributed by atoms with Crippen LogP contribution < -0.4 is 15.9 Å². The van der Waals surface area contributed by atoms with Gasteiger partial charge < -0.3 is 19.3 Å². The van der Waals surface area contributed by atoms with E-state index in [1.807, 2.05) is 0 Å². The highest BCUT2D eigenvalue weighted by Gasteiger charge is 2.32. The predicted octanol–water partition coefficient (Wildman–Crippen LogP) is 5.27. The van der Waals surface area contributed by atoms with Gasteiger partial charge >= 0.3 is 11.9 Å². The Labute approximate surface area is 277 Å². The summed E-state index contributed by atoms with van der Waals surface area (Å²) in [7, 11) is 1.41. The average Bonchev–Trinajstić information content (AvgIpc) is 3.52. The molecular formula is C34H33BrN4O8. The number of rotatable bonds is 10. The summed E-state index contributed by atoms with van der Waals surface area (Å²) in [6, 6.07) is 16.0. The van der Waals surface area contributed by atoms with Crippen molar-refractivity contribution >= 4 is 27.9 Å². The van der Waals surface area contributed by atoms with Crippen molar-refractivity contribution in [3.05, 3.63) is 125 Å². The Hall–Kier alpha value is -5.30. The van der Waals surface area contributed by atoms with Crippen LogP contribution in [-0.2, 0) is 9.47 Å². The smallest absolute Gasteiger partial charge is 0.338 e. The SMILES string of the molecule is CCOC(=O)c1ccc(-n2[nH]c(C)c(C(c3cc(Br)c(O)c(OC)c3)c3c(C)[nH]n(-c4ccc(C(=O)OCC)cc4)c3=O)c2=O)cc1. The van der Waals surface area contributed by atoms with E-state index in [-0.39, 0.29) is 35.8 Å². The van der Waals surface area contributed by atoms with Gasteiger partial charge in [0.2, 0.25) is 0 Å². The van der Waals surface area contributed by atoms with E-state index < -0.39 is 29.0 Å². The van der Waals surface area contributed by atoms with Crippen LogP contribution in [0.2, 0.25) is 0 Å². The number of methoxy groups -OCH3 is 1. The monoisotopic (exact) mass is 704 g/mol. The summed E-state index contributed by atoms with van der Waals surface area (Å²) in [5.74, 6) is -1.86. The molecule has 0 unspecified atom stereocenters. The molecule has 47 heavy (non-hydrogen) atoms. The third kappa shape index (κ3) is 6.26. The minimum Gasteiger partial charge on any atom is -0.503 e. The van der Waals surface area contributed by atoms with Crippen molar-refractivity contribution in [2.75, 3.05) is 20.3 Å². The first-order valence-electron chi connectivity index (χ1n) is 14.7. The summed E-state index contributed by atoms with van der Waals surface area (Å²) in [6.45, 7) is 7.37. The Morgan fingerprint density at radius 2 is 1.21 bits per heavy atom. The first-order chi connectivity index (χ1) is 22.5. The Morgan fingerprint density at radius 1 is 0.787 bits per heavy atom. The molecule has 244 valence electrons. The molecule has 0 saturated carbocycles. The van der Waals surface area contributed by atoms with Crippen LogP contribution in [0.4, 0.5) is 0 Å². The Morgan fingerprint density at radius 3 is 1.60 bits per heavy atom. The molecule has 0 atom stereocenters. The van der Waals surface area contributed by atoms with Crippen LogP contribution in [0.3, 0.4) is 0 Å². The lowest BCUT2D eigenvalue weighted by Crippen LogP contribution is -2.25.